The zero-order valence-electron chi connectivity index (χ0n) is 68.2. The molecule has 0 saturated heterocycles. The smallest absolute Gasteiger partial charge is 0.0468 e. The first-order valence-electron chi connectivity index (χ1n) is 35.7. The van der Waals surface area contributed by atoms with Crippen molar-refractivity contribution in [2.24, 2.45) is 32.5 Å². The maximum absolute atomic E-state index is 7.03. The quantitative estimate of drug-likeness (QED) is 0.204. The van der Waals surface area contributed by atoms with E-state index < -0.39 is 56.3 Å². The Labute approximate surface area is 505 Å². The lowest BCUT2D eigenvalue weighted by molar-refractivity contribution is 0.244. The van der Waals surface area contributed by atoms with Crippen molar-refractivity contribution >= 4 is 37.7 Å². The Hall–Kier alpha value is -0.599. The third-order valence-electron chi connectivity index (χ3n) is 13.4. The largest absolute Gasteiger partial charge is 0.412 e. The van der Waals surface area contributed by atoms with Gasteiger partial charge in [-0.15, -0.1) is 0 Å². The summed E-state index contributed by atoms with van der Waals surface area (Å²) in [6.45, 7) is 51.2. The van der Waals surface area contributed by atoms with Gasteiger partial charge in [-0.3, -0.25) is 0 Å². The van der Waals surface area contributed by atoms with Gasteiger partial charge < -0.3 is 5.48 Å². The van der Waals surface area contributed by atoms with Gasteiger partial charge in [0.05, 0.1) is 0 Å². The van der Waals surface area contributed by atoms with Crippen LogP contribution in [-0.2, 0) is 5.41 Å². The van der Waals surface area contributed by atoms with Gasteiger partial charge in [-0.2, -0.15) is 13.5 Å². The summed E-state index contributed by atoms with van der Waals surface area (Å²) in [4.78, 5) is 0. The molecular weight excluding hydrogens is 973 g/mol. The van der Waals surface area contributed by atoms with E-state index in [0.717, 1.165) is 0 Å². The van der Waals surface area contributed by atoms with E-state index in [9.17, 15) is 0 Å². The Morgan fingerprint density at radius 1 is 0.413 bits per heavy atom. The molecule has 0 bridgehead atoms. The topological polar surface area (TPSA) is 31.5 Å². The molecule has 0 heterocycles. The van der Waals surface area contributed by atoms with Crippen molar-refractivity contribution in [3.05, 3.63) is 71.8 Å². The second-order valence-electron chi connectivity index (χ2n) is 30.5. The normalized spacial score (nSPS) is 19.6. The van der Waals surface area contributed by atoms with Crippen LogP contribution in [0.5, 0.6) is 0 Å². The molecule has 0 amide bonds. The van der Waals surface area contributed by atoms with Crippen molar-refractivity contribution in [1.29, 1.82) is 0 Å². The van der Waals surface area contributed by atoms with E-state index in [2.05, 4.69) is 225 Å². The van der Waals surface area contributed by atoms with E-state index in [1.165, 1.54) is 159 Å². The molecule has 3 aliphatic carbocycles. The summed E-state index contributed by atoms with van der Waals surface area (Å²) < 4.78 is 83.9. The Bertz CT molecular complexity index is 1750. The molecule has 0 radical (unpaired) electrons. The van der Waals surface area contributed by atoms with E-state index in [0.29, 0.717) is 27.1 Å². The van der Waals surface area contributed by atoms with Crippen molar-refractivity contribution < 1.29 is 21.9 Å². The molecule has 5 rings (SSSR count). The minimum atomic E-state index is -3.11. The highest BCUT2D eigenvalue weighted by Crippen LogP contribution is 2.37. The minimum Gasteiger partial charge on any atom is -0.412 e. The van der Waals surface area contributed by atoms with Gasteiger partial charge in [0.15, 0.2) is 0 Å². The molecule has 2 aromatic carbocycles. The second kappa shape index (κ2) is 43.2. The van der Waals surface area contributed by atoms with Crippen molar-refractivity contribution in [3.63, 3.8) is 0 Å². The molecule has 1 nitrogen and oxygen atoms in total. The first-order chi connectivity index (χ1) is 37.6. The van der Waals surface area contributed by atoms with Crippen LogP contribution in [0.2, 0.25) is 77.4 Å². The van der Waals surface area contributed by atoms with Crippen LogP contribution in [0.3, 0.4) is 0 Å². The lowest BCUT2D eigenvalue weighted by Gasteiger charge is -2.28. The van der Waals surface area contributed by atoms with Crippen LogP contribution in [0.25, 0.3) is 0 Å². The molecule has 0 aromatic heterocycles. The van der Waals surface area contributed by atoms with E-state index in [1.54, 1.807) is 0 Å². The summed E-state index contributed by atoms with van der Waals surface area (Å²) in [6, 6.07) is 24.1. The predicted octanol–water partition coefficient (Wildman–Crippen LogP) is 25.8. The summed E-state index contributed by atoms with van der Waals surface area (Å²) in [5.74, 6) is 0. The Kier molecular flexibility index (Phi) is 36.6. The molecule has 0 spiro atoms. The van der Waals surface area contributed by atoms with Gasteiger partial charge in [0, 0.05) is 46.1 Å². The van der Waals surface area contributed by atoms with Crippen LogP contribution in [0.4, 0.5) is 0 Å². The molecule has 2 aromatic rings. The zero-order chi connectivity index (χ0) is 68.7. The monoisotopic (exact) mass is 1130 g/mol. The number of benzene rings is 2. The lowest BCUT2D eigenvalue weighted by atomic mass is 9.78. The van der Waals surface area contributed by atoms with Crippen LogP contribution in [0, 0.1) is 32.5 Å². The summed E-state index contributed by atoms with van der Waals surface area (Å²) >= 11 is 0. The molecule has 3 saturated carbocycles. The fraction of sp³-hybridized carbons (Fsp3) is 0.829. The van der Waals surface area contributed by atoms with E-state index in [-0.39, 0.29) is 24.4 Å². The number of hydrogen-bond donors (Lipinski definition) is 0. The molecule has 5 heteroatoms. The SMILES string of the molecule is CC(C)(C)C.CC(C)(c1ccccc1)c1ccccc1.CC1(C)CCCC1.CC1(C)CCCCC1.CC1(C)CCCCCC1.CCC(C)(C)CC.CC[Si](C)(C)CC.C[Si](C)(C)C.O.S.[2H]C([2H])([2H])C(C)(C)C([2H])([2H])[2H].[2H]C([2H])([2H])[Si](C)(C)C([2H])([2H])[2H]. The summed E-state index contributed by atoms with van der Waals surface area (Å²) in [5, 5.41) is 0. The van der Waals surface area contributed by atoms with E-state index >= 15 is 0 Å². The molecule has 0 atom stereocenters. The highest BCUT2D eigenvalue weighted by Gasteiger charge is 2.23. The van der Waals surface area contributed by atoms with Gasteiger partial charge in [-0.1, -0.05) is 361 Å². The molecular formula is C70H148OSSi3. The van der Waals surface area contributed by atoms with Crippen LogP contribution in [-0.4, -0.2) is 29.7 Å². The third-order valence-corrected chi connectivity index (χ3v) is 17.3. The second-order valence-corrected chi connectivity index (χ2v) is 45.5. The molecule has 0 aliphatic heterocycles. The van der Waals surface area contributed by atoms with Crippen LogP contribution >= 0.6 is 13.5 Å². The summed E-state index contributed by atoms with van der Waals surface area (Å²) in [5.41, 5.74) is 4.30. The molecule has 75 heavy (non-hydrogen) atoms. The van der Waals surface area contributed by atoms with Gasteiger partial charge in [0.1, 0.15) is 0 Å². The lowest BCUT2D eigenvalue weighted by Crippen LogP contribution is -2.21. The summed E-state index contributed by atoms with van der Waals surface area (Å²) in [7, 11) is -4.37. The average molecular weight is 1130 g/mol. The molecule has 2 N–H and O–H groups in total. The Morgan fingerprint density at radius 2 is 0.640 bits per heavy atom. The van der Waals surface area contributed by atoms with Crippen LogP contribution < -0.4 is 0 Å². The van der Waals surface area contributed by atoms with Gasteiger partial charge in [0.2, 0.25) is 0 Å². The standard InChI is InChI=1S/C15H16.C9H18.C8H16.C7H14.C7H16.C6H16Si.2C5H12.2C4H12Si.H2O.H2S/c1-15(2,13-9-5-3-6-10-13)14-11-7-4-8-12-14;1-9(2)7-5-3-4-6-8-9;1-8(2)6-4-3-5-7-8;1-7(2)5-3-4-6-7;2*1-5-7(3,4)6-2;4*1-5(2,3)4;;/h3-12H,1-2H3;3-8H2,1-2H3;3-7H2,1-2H3;3-6H2,1-2H3;2*5-6H2,1-4H3;4*1-4H3;2*1H2/i;;;;;;1D3,2D3;;1D3,2D3;;;. The maximum atomic E-state index is 7.03. The van der Waals surface area contributed by atoms with Gasteiger partial charge in [-0.05, 0) is 82.1 Å². The molecule has 3 aliphatic rings. The Balaban J connectivity index is -0.000000166. The average Bonchev–Trinajstić information content (AvgIpc) is 3.63. The molecule has 3 fully saturated rings. The third kappa shape index (κ3) is 77.7. The predicted molar refractivity (Wildman–Crippen MR) is 371 cm³/mol. The van der Waals surface area contributed by atoms with Crippen molar-refractivity contribution in [2.75, 3.05) is 0 Å². The Morgan fingerprint density at radius 3 is 0.773 bits per heavy atom. The van der Waals surface area contributed by atoms with Crippen molar-refractivity contribution in [1.82, 2.24) is 0 Å². The van der Waals surface area contributed by atoms with Crippen LogP contribution in [0.15, 0.2) is 60.7 Å². The van der Waals surface area contributed by atoms with Crippen LogP contribution in [0.1, 0.15) is 289 Å². The zero-order valence-corrected chi connectivity index (χ0v) is 60.2. The number of rotatable bonds is 6. The molecule has 0 unspecified atom stereocenters. The fourth-order valence-corrected chi connectivity index (χ4v) is 7.40. The van der Waals surface area contributed by atoms with Gasteiger partial charge in [-0.25, -0.2) is 0 Å². The highest BCUT2D eigenvalue weighted by atomic mass is 32.1. The van der Waals surface area contributed by atoms with E-state index in [4.69, 9.17) is 16.4 Å². The highest BCUT2D eigenvalue weighted by molar-refractivity contribution is 7.59. The minimum absolute atomic E-state index is 0. The maximum Gasteiger partial charge on any atom is 0.0468 e. The summed E-state index contributed by atoms with van der Waals surface area (Å²) in [6.07, 6.45) is 24.5. The fourth-order valence-electron chi connectivity index (χ4n) is 6.90. The number of hydrogen-bond acceptors (Lipinski definition) is 0. The van der Waals surface area contributed by atoms with Gasteiger partial charge >= 0.3 is 0 Å². The first kappa shape index (κ1) is 63.6. The van der Waals surface area contributed by atoms with Crippen molar-refractivity contribution in [2.45, 2.75) is 344 Å². The van der Waals surface area contributed by atoms with Crippen molar-refractivity contribution in [3.8, 4) is 0 Å². The first-order valence-corrected chi connectivity index (χ1v) is 40.1. The molecule has 452 valence electrons. The van der Waals surface area contributed by atoms with Gasteiger partial charge in [0.25, 0.3) is 0 Å². The van der Waals surface area contributed by atoms with E-state index in [1.807, 2.05) is 0 Å².